The topological polar surface area (TPSA) is 51.2 Å². The number of carbonyl (C=O) groups is 1. The molecule has 4 nitrogen and oxygen atoms in total. The van der Waals surface area contributed by atoms with Crippen molar-refractivity contribution in [3.63, 3.8) is 0 Å². The Bertz CT molecular complexity index is 406. The molecule has 92 valence electrons. The highest BCUT2D eigenvalue weighted by Gasteiger charge is 2.23. The van der Waals surface area contributed by atoms with Crippen LogP contribution in [0.5, 0.6) is 0 Å². The van der Waals surface area contributed by atoms with Crippen LogP contribution >= 0.6 is 0 Å². The van der Waals surface area contributed by atoms with E-state index >= 15 is 0 Å². The molecular formula is C13H18N2O2. The predicted molar refractivity (Wildman–Crippen MR) is 66.0 cm³/mol. The van der Waals surface area contributed by atoms with Crippen molar-refractivity contribution in [2.45, 2.75) is 32.2 Å². The average Bonchev–Trinajstić information content (AvgIpc) is 2.74. The van der Waals surface area contributed by atoms with Gasteiger partial charge >= 0.3 is 5.97 Å². The molecule has 0 spiro atoms. The van der Waals surface area contributed by atoms with Crippen molar-refractivity contribution >= 4 is 11.7 Å². The zero-order valence-corrected chi connectivity index (χ0v) is 10.3. The lowest BCUT2D eigenvalue weighted by atomic mass is 10.1. The van der Waals surface area contributed by atoms with Gasteiger partial charge in [0.2, 0.25) is 0 Å². The fourth-order valence-electron chi connectivity index (χ4n) is 2.31. The largest absolute Gasteiger partial charge is 0.464 e. The van der Waals surface area contributed by atoms with E-state index in [2.05, 4.69) is 22.0 Å². The van der Waals surface area contributed by atoms with Crippen LogP contribution in [-0.4, -0.2) is 24.1 Å². The van der Waals surface area contributed by atoms with Crippen LogP contribution in [0.25, 0.3) is 0 Å². The van der Waals surface area contributed by atoms with E-state index in [1.54, 1.807) is 12.3 Å². The van der Waals surface area contributed by atoms with Gasteiger partial charge in [0.25, 0.3) is 0 Å². The number of nitrogens with zero attached hydrogens (tertiary/aromatic N) is 1. The van der Waals surface area contributed by atoms with Crippen LogP contribution in [0.2, 0.25) is 0 Å². The molecule has 1 fully saturated rings. The Morgan fingerprint density at radius 1 is 1.53 bits per heavy atom. The molecule has 4 heteroatoms. The van der Waals surface area contributed by atoms with Crippen molar-refractivity contribution in [2.75, 3.05) is 12.4 Å². The second kappa shape index (κ2) is 5.17. The summed E-state index contributed by atoms with van der Waals surface area (Å²) in [6.45, 7) is 2.26. The second-order valence-corrected chi connectivity index (χ2v) is 4.58. The van der Waals surface area contributed by atoms with E-state index < -0.39 is 5.97 Å². The molecule has 1 aromatic rings. The number of rotatable bonds is 3. The number of nitrogens with one attached hydrogen (secondary N) is 1. The lowest BCUT2D eigenvalue weighted by Crippen LogP contribution is -2.22. The number of esters is 1. The maximum absolute atomic E-state index is 11.4. The van der Waals surface area contributed by atoms with E-state index in [1.807, 2.05) is 6.07 Å². The highest BCUT2D eigenvalue weighted by molar-refractivity contribution is 5.88. The maximum atomic E-state index is 11.4. The molecule has 0 saturated heterocycles. The smallest absolute Gasteiger partial charge is 0.356 e. The number of pyridine rings is 1. The van der Waals surface area contributed by atoms with Crippen molar-refractivity contribution in [1.29, 1.82) is 0 Å². The van der Waals surface area contributed by atoms with Gasteiger partial charge in [-0.25, -0.2) is 9.78 Å². The number of hydrogen-bond acceptors (Lipinski definition) is 4. The third-order valence-electron chi connectivity index (χ3n) is 3.37. The number of carbonyl (C=O) groups excluding carboxylic acids is 1. The summed E-state index contributed by atoms with van der Waals surface area (Å²) in [5.74, 6) is 0.290. The van der Waals surface area contributed by atoms with E-state index in [0.29, 0.717) is 17.7 Å². The standard InChI is InChI=1S/C13H18N2O2/c1-9-4-3-5-11(9)15-10-6-7-14-12(8-10)13(16)17-2/h6-9,11H,3-5H2,1-2H3,(H,14,15). The number of anilines is 1. The molecule has 1 aliphatic carbocycles. The molecule has 1 saturated carbocycles. The van der Waals surface area contributed by atoms with Gasteiger partial charge in [-0.05, 0) is 30.9 Å². The fourth-order valence-corrected chi connectivity index (χ4v) is 2.31. The first kappa shape index (κ1) is 11.9. The van der Waals surface area contributed by atoms with Gasteiger partial charge in [-0.3, -0.25) is 0 Å². The van der Waals surface area contributed by atoms with Crippen LogP contribution < -0.4 is 5.32 Å². The summed E-state index contributed by atoms with van der Waals surface area (Å²) in [7, 11) is 1.36. The Balaban J connectivity index is 2.08. The van der Waals surface area contributed by atoms with Crippen molar-refractivity contribution < 1.29 is 9.53 Å². The Kier molecular flexibility index (Phi) is 3.61. The zero-order valence-electron chi connectivity index (χ0n) is 10.3. The van der Waals surface area contributed by atoms with Gasteiger partial charge in [-0.1, -0.05) is 13.3 Å². The summed E-state index contributed by atoms with van der Waals surface area (Å²) in [5, 5.41) is 3.46. The molecule has 1 aliphatic rings. The predicted octanol–water partition coefficient (Wildman–Crippen LogP) is 2.47. The summed E-state index contributed by atoms with van der Waals surface area (Å²) >= 11 is 0. The molecule has 1 aromatic heterocycles. The molecule has 0 aliphatic heterocycles. The number of methoxy groups -OCH3 is 1. The monoisotopic (exact) mass is 234 g/mol. The minimum atomic E-state index is -0.395. The van der Waals surface area contributed by atoms with Crippen LogP contribution in [0.4, 0.5) is 5.69 Å². The molecule has 0 radical (unpaired) electrons. The molecule has 0 amide bonds. The highest BCUT2D eigenvalue weighted by Crippen LogP contribution is 2.27. The molecule has 1 N–H and O–H groups in total. The summed E-state index contributed by atoms with van der Waals surface area (Å²) in [6, 6.07) is 4.14. The van der Waals surface area contributed by atoms with Gasteiger partial charge in [0, 0.05) is 17.9 Å². The fraction of sp³-hybridized carbons (Fsp3) is 0.538. The second-order valence-electron chi connectivity index (χ2n) is 4.58. The van der Waals surface area contributed by atoms with Crippen LogP contribution in [-0.2, 0) is 4.74 Å². The average molecular weight is 234 g/mol. The van der Waals surface area contributed by atoms with Crippen LogP contribution in [0, 0.1) is 5.92 Å². The van der Waals surface area contributed by atoms with Gasteiger partial charge in [-0.15, -0.1) is 0 Å². The van der Waals surface area contributed by atoms with E-state index in [4.69, 9.17) is 0 Å². The minimum absolute atomic E-state index is 0.350. The Morgan fingerprint density at radius 3 is 3.00 bits per heavy atom. The molecule has 2 atom stereocenters. The lowest BCUT2D eigenvalue weighted by Gasteiger charge is -2.18. The minimum Gasteiger partial charge on any atom is -0.464 e. The van der Waals surface area contributed by atoms with Crippen LogP contribution in [0.15, 0.2) is 18.3 Å². The summed E-state index contributed by atoms with van der Waals surface area (Å²) in [4.78, 5) is 15.3. The number of ether oxygens (including phenoxy) is 1. The van der Waals surface area contributed by atoms with E-state index in [-0.39, 0.29) is 0 Å². The van der Waals surface area contributed by atoms with Crippen LogP contribution in [0.1, 0.15) is 36.7 Å². The summed E-state index contributed by atoms with van der Waals surface area (Å²) in [5.41, 5.74) is 1.29. The normalized spacial score (nSPS) is 23.4. The lowest BCUT2D eigenvalue weighted by molar-refractivity contribution is 0.0594. The Hall–Kier alpha value is -1.58. The third-order valence-corrected chi connectivity index (χ3v) is 3.37. The Morgan fingerprint density at radius 2 is 2.35 bits per heavy atom. The molecule has 0 bridgehead atoms. The first-order chi connectivity index (χ1) is 8.20. The zero-order chi connectivity index (χ0) is 12.3. The maximum Gasteiger partial charge on any atom is 0.356 e. The van der Waals surface area contributed by atoms with Gasteiger partial charge < -0.3 is 10.1 Å². The van der Waals surface area contributed by atoms with E-state index in [9.17, 15) is 4.79 Å². The SMILES string of the molecule is COC(=O)c1cc(NC2CCCC2C)ccn1. The number of aromatic nitrogens is 1. The van der Waals surface area contributed by atoms with Crippen molar-refractivity contribution in [2.24, 2.45) is 5.92 Å². The highest BCUT2D eigenvalue weighted by atomic mass is 16.5. The van der Waals surface area contributed by atoms with Crippen molar-refractivity contribution in [1.82, 2.24) is 4.98 Å². The van der Waals surface area contributed by atoms with Gasteiger partial charge in [-0.2, -0.15) is 0 Å². The molecule has 1 heterocycles. The van der Waals surface area contributed by atoms with Crippen LogP contribution in [0.3, 0.4) is 0 Å². The summed E-state index contributed by atoms with van der Waals surface area (Å²) in [6.07, 6.45) is 5.37. The quantitative estimate of drug-likeness (QED) is 0.816. The molecule has 0 aromatic carbocycles. The molecule has 2 unspecified atom stereocenters. The first-order valence-corrected chi connectivity index (χ1v) is 6.01. The Labute approximate surface area is 101 Å². The van der Waals surface area contributed by atoms with E-state index in [1.165, 1.54) is 26.4 Å². The third kappa shape index (κ3) is 2.75. The first-order valence-electron chi connectivity index (χ1n) is 6.01. The van der Waals surface area contributed by atoms with Gasteiger partial charge in [0.15, 0.2) is 0 Å². The molecular weight excluding hydrogens is 216 g/mol. The van der Waals surface area contributed by atoms with Crippen molar-refractivity contribution in [3.8, 4) is 0 Å². The van der Waals surface area contributed by atoms with E-state index in [0.717, 1.165) is 5.69 Å². The summed E-state index contributed by atoms with van der Waals surface area (Å²) < 4.78 is 4.65. The van der Waals surface area contributed by atoms with Gasteiger partial charge in [0.05, 0.1) is 7.11 Å². The number of hydrogen-bond donors (Lipinski definition) is 1. The molecule has 17 heavy (non-hydrogen) atoms. The molecule has 2 rings (SSSR count). The van der Waals surface area contributed by atoms with Crippen molar-refractivity contribution in [3.05, 3.63) is 24.0 Å². The van der Waals surface area contributed by atoms with Gasteiger partial charge in [0.1, 0.15) is 5.69 Å².